The lowest BCUT2D eigenvalue weighted by Crippen LogP contribution is -2.14. The number of hydrogen-bond donors (Lipinski definition) is 0. The van der Waals surface area contributed by atoms with Crippen molar-refractivity contribution in [1.82, 2.24) is 53.6 Å². The Morgan fingerprint density at radius 1 is 0.207 bits per heavy atom. The summed E-state index contributed by atoms with van der Waals surface area (Å²) in [6, 6.07) is 155. The Labute approximate surface area is 811 Å². The zero-order valence-corrected chi connectivity index (χ0v) is 77.9. The van der Waals surface area contributed by atoms with Gasteiger partial charge in [0.1, 0.15) is 0 Å². The van der Waals surface area contributed by atoms with Crippen molar-refractivity contribution >= 4 is 65.4 Å². The van der Waals surface area contributed by atoms with Gasteiger partial charge in [0.2, 0.25) is 0 Å². The van der Waals surface area contributed by atoms with Crippen LogP contribution in [0.4, 0.5) is 0 Å². The average Bonchev–Trinajstić information content (AvgIpc) is 1.55. The molecule has 0 saturated carbocycles. The van der Waals surface area contributed by atoms with E-state index in [-0.39, 0.29) is 16.2 Å². The molecule has 18 aromatic carbocycles. The molecule has 0 atom stereocenters. The van der Waals surface area contributed by atoms with Crippen molar-refractivity contribution in [3.05, 3.63) is 476 Å². The van der Waals surface area contributed by atoms with Crippen LogP contribution in [-0.4, -0.2) is 53.6 Å². The fourth-order valence-electron chi connectivity index (χ4n) is 22.0. The number of aromatic nitrogens is 11. The molecule has 0 spiro atoms. The average molecular weight is 1800 g/mol. The van der Waals surface area contributed by atoms with Crippen molar-refractivity contribution in [2.45, 2.75) is 57.8 Å². The highest BCUT2D eigenvalue weighted by molar-refractivity contribution is 6.20. The third kappa shape index (κ3) is 13.9. The Balaban J connectivity index is 0.000000111. The first-order valence-electron chi connectivity index (χ1n) is 47.7. The molecular weight excluding hydrogens is 1710 g/mol. The van der Waals surface area contributed by atoms with Gasteiger partial charge in [-0.15, -0.1) is 0 Å². The number of benzene rings is 18. The maximum absolute atomic E-state index is 9.59. The summed E-state index contributed by atoms with van der Waals surface area (Å²) in [5.41, 5.74) is 37.1. The molecule has 140 heavy (non-hydrogen) atoms. The Morgan fingerprint density at radius 2 is 0.529 bits per heavy atom. The van der Waals surface area contributed by atoms with Crippen LogP contribution in [0.1, 0.15) is 80.5 Å². The van der Waals surface area contributed by atoms with E-state index in [0.29, 0.717) is 46.3 Å². The first-order chi connectivity index (χ1) is 68.7. The van der Waals surface area contributed by atoms with E-state index in [1.54, 1.807) is 0 Å². The first kappa shape index (κ1) is 83.8. The molecule has 3 aliphatic rings. The van der Waals surface area contributed by atoms with E-state index in [0.717, 1.165) is 84.0 Å². The van der Waals surface area contributed by atoms with Gasteiger partial charge in [-0.1, -0.05) is 387 Å². The molecule has 12 nitrogen and oxygen atoms in total. The fraction of sp³-hybridized carbons (Fsp3) is 0.0703. The van der Waals surface area contributed by atoms with E-state index in [9.17, 15) is 5.26 Å². The summed E-state index contributed by atoms with van der Waals surface area (Å²) >= 11 is 0. The molecule has 0 fully saturated rings. The zero-order valence-electron chi connectivity index (χ0n) is 77.9. The van der Waals surface area contributed by atoms with Crippen LogP contribution >= 0.6 is 0 Å². The van der Waals surface area contributed by atoms with Gasteiger partial charge in [-0.05, 0) is 147 Å². The smallest absolute Gasteiger partial charge is 0.164 e. The van der Waals surface area contributed by atoms with Crippen LogP contribution in [0.15, 0.2) is 437 Å². The van der Waals surface area contributed by atoms with Gasteiger partial charge in [-0.3, -0.25) is 0 Å². The molecule has 6 heterocycles. The lowest BCUT2D eigenvalue weighted by atomic mass is 9.82. The normalized spacial score (nSPS) is 13.1. The largest absolute Gasteiger partial charge is 0.309 e. The summed E-state index contributed by atoms with van der Waals surface area (Å²) in [5.74, 6) is 4.56. The summed E-state index contributed by atoms with van der Waals surface area (Å²) in [5, 5.41) is 17.1. The lowest BCUT2D eigenvalue weighted by molar-refractivity contribution is 0.660. The van der Waals surface area contributed by atoms with Crippen molar-refractivity contribution in [2.24, 2.45) is 0 Å². The van der Waals surface area contributed by atoms with Crippen LogP contribution in [0.3, 0.4) is 0 Å². The third-order valence-electron chi connectivity index (χ3n) is 28.7. The topological polar surface area (TPSA) is 142 Å². The van der Waals surface area contributed by atoms with Gasteiger partial charge in [0.05, 0.1) is 56.1 Å². The highest BCUT2D eigenvalue weighted by atomic mass is 15.1. The number of nitriles is 1. The van der Waals surface area contributed by atoms with Gasteiger partial charge in [0.25, 0.3) is 0 Å². The van der Waals surface area contributed by atoms with Crippen LogP contribution in [0.5, 0.6) is 0 Å². The lowest BCUT2D eigenvalue weighted by Gasteiger charge is -2.21. The number of para-hydroxylation sites is 3. The molecule has 0 unspecified atom stereocenters. The SMILES string of the molecule is CC1(C)c2ccccc2-c2c1ccc1c2c2ccccc2n1-c1cccc(-c2nc(-c3ccccc3)cc(-c3cccc(C#N)c3)n2)c1.CC1(C)c2ccccc2-c2c1ccc1c3ccccc3n(-c3ccc(-c4nc(-c5ccccc5)nc(-c5ccccc5)n4)cc3)c21.CC1(C)c2ccccc2-c2c1ccc1c3ccccc3n(-c3cccc(-c4nc(-c5ccccc5)nc(-c5ccccc5)n4)c3)c21. The van der Waals surface area contributed by atoms with Crippen molar-refractivity contribution in [2.75, 3.05) is 0 Å². The molecule has 6 aromatic heterocycles. The van der Waals surface area contributed by atoms with Crippen LogP contribution in [0, 0.1) is 11.3 Å². The van der Waals surface area contributed by atoms with E-state index in [4.69, 9.17) is 39.9 Å². The molecule has 12 heteroatoms. The molecule has 3 aliphatic carbocycles. The van der Waals surface area contributed by atoms with Crippen LogP contribution in [0.25, 0.3) is 218 Å². The fourth-order valence-corrected chi connectivity index (χ4v) is 22.0. The highest BCUT2D eigenvalue weighted by Crippen LogP contribution is 2.57. The molecule has 27 rings (SSSR count). The number of hydrogen-bond acceptors (Lipinski definition) is 9. The molecule has 0 aliphatic heterocycles. The molecule has 0 amide bonds. The molecule has 0 N–H and O–H groups in total. The van der Waals surface area contributed by atoms with Gasteiger partial charge in [-0.2, -0.15) is 5.26 Å². The van der Waals surface area contributed by atoms with Gasteiger partial charge in [0, 0.05) is 127 Å². The maximum atomic E-state index is 9.59. The summed E-state index contributed by atoms with van der Waals surface area (Å²) in [6.45, 7) is 14.0. The predicted octanol–water partition coefficient (Wildman–Crippen LogP) is 31.3. The minimum absolute atomic E-state index is 0.0726. The van der Waals surface area contributed by atoms with E-state index >= 15 is 0 Å². The Bertz CT molecular complexity index is 9030. The number of rotatable bonds is 12. The monoisotopic (exact) mass is 1790 g/mol. The van der Waals surface area contributed by atoms with Crippen LogP contribution in [0.2, 0.25) is 0 Å². The Kier molecular flexibility index (Phi) is 20.0. The van der Waals surface area contributed by atoms with Crippen molar-refractivity contribution in [3.8, 4) is 159 Å². The summed E-state index contributed by atoms with van der Waals surface area (Å²) in [6.07, 6.45) is 0. The minimum atomic E-state index is -0.0875. The number of fused-ring (bicyclic) bond motifs is 21. The van der Waals surface area contributed by atoms with Crippen molar-refractivity contribution in [1.29, 1.82) is 5.26 Å². The van der Waals surface area contributed by atoms with E-state index in [2.05, 4.69) is 328 Å². The van der Waals surface area contributed by atoms with Gasteiger partial charge < -0.3 is 13.7 Å². The van der Waals surface area contributed by atoms with Crippen molar-refractivity contribution in [3.63, 3.8) is 0 Å². The van der Waals surface area contributed by atoms with E-state index in [1.807, 2.05) is 170 Å². The Morgan fingerprint density at radius 3 is 0.979 bits per heavy atom. The summed E-state index contributed by atoms with van der Waals surface area (Å²) in [7, 11) is 0. The molecular formula is C128H90N12. The number of nitrogens with zero attached hydrogens (tertiary/aromatic N) is 12. The van der Waals surface area contributed by atoms with Gasteiger partial charge in [-0.25, -0.2) is 39.9 Å². The second kappa shape index (κ2) is 33.5. The van der Waals surface area contributed by atoms with Crippen molar-refractivity contribution < 1.29 is 0 Å². The second-order valence-electron chi connectivity index (χ2n) is 38.0. The summed E-state index contributed by atoms with van der Waals surface area (Å²) < 4.78 is 7.24. The van der Waals surface area contributed by atoms with Crippen LogP contribution < -0.4 is 0 Å². The Hall–Kier alpha value is -18.1. The summed E-state index contributed by atoms with van der Waals surface area (Å²) in [4.78, 5) is 39.9. The second-order valence-corrected chi connectivity index (χ2v) is 38.0. The van der Waals surface area contributed by atoms with Gasteiger partial charge >= 0.3 is 0 Å². The first-order valence-corrected chi connectivity index (χ1v) is 47.7. The minimum Gasteiger partial charge on any atom is -0.309 e. The standard InChI is InChI=1S/C44H30N4.2C42H30N4/c1-44(2)35-20-8-6-18-33(35)41-36(44)22-23-40-42(41)34-19-7-9-21-39(34)48(40)32-17-11-16-31(25-32)43-46-37(29-13-4-3-5-14-29)26-38(47-43)30-15-10-12-28(24-30)27-45;1-42(2)34-22-11-9-21-33(34)37-35(42)25-24-32-31-20-10-12-23-36(31)46(38(32)37)30-19-13-18-29(26-30)41-44-39(27-14-5-3-6-15-27)43-40(45-41)28-16-7-4-8-17-28;1-42(2)34-19-11-9-18-33(34)37-35(42)26-25-32-31-17-10-12-20-36(31)46(38(32)37)30-23-21-29(22-24-30)41-44-39(27-13-5-3-6-14-27)43-40(45-41)28-15-7-4-8-16-28/h3-26H,1-2H3;2*3-26H,1-2H3. The predicted molar refractivity (Wildman–Crippen MR) is 571 cm³/mol. The molecule has 0 saturated heterocycles. The van der Waals surface area contributed by atoms with E-state index < -0.39 is 0 Å². The van der Waals surface area contributed by atoms with Gasteiger partial charge in [0.15, 0.2) is 40.8 Å². The van der Waals surface area contributed by atoms with E-state index in [1.165, 1.54) is 127 Å². The molecule has 24 aromatic rings. The highest BCUT2D eigenvalue weighted by Gasteiger charge is 2.41. The van der Waals surface area contributed by atoms with Crippen LogP contribution in [-0.2, 0) is 16.2 Å². The maximum Gasteiger partial charge on any atom is 0.164 e. The molecule has 662 valence electrons. The molecule has 0 bridgehead atoms. The third-order valence-corrected chi connectivity index (χ3v) is 28.7. The molecule has 0 radical (unpaired) electrons. The quantitative estimate of drug-likeness (QED) is 0.117. The zero-order chi connectivity index (χ0) is 94.1.